The van der Waals surface area contributed by atoms with E-state index in [0.717, 1.165) is 18.8 Å². The molecule has 9 heteroatoms. The molecule has 0 aromatic heterocycles. The normalized spacial score (nSPS) is 27.4. The minimum absolute atomic E-state index is 0.0393. The highest BCUT2D eigenvalue weighted by atomic mass is 35.5. The van der Waals surface area contributed by atoms with Gasteiger partial charge in [0.1, 0.15) is 0 Å². The van der Waals surface area contributed by atoms with Crippen LogP contribution in [0.15, 0.2) is 18.2 Å². The number of morpholine rings is 1. The van der Waals surface area contributed by atoms with E-state index in [0.29, 0.717) is 36.4 Å². The SMILES string of the molecule is CC1CN(c2ccc(NC(=O)C3CCC(NS(=O)(=O)C(C)C)CC3)cc2Cl)CC(C)O1. The van der Waals surface area contributed by atoms with Crippen molar-refractivity contribution >= 4 is 38.9 Å². The minimum Gasteiger partial charge on any atom is -0.372 e. The van der Waals surface area contributed by atoms with Crippen molar-refractivity contribution in [2.75, 3.05) is 23.3 Å². The van der Waals surface area contributed by atoms with Gasteiger partial charge in [-0.05, 0) is 71.6 Å². The number of amides is 1. The summed E-state index contributed by atoms with van der Waals surface area (Å²) in [6.07, 6.45) is 2.92. The summed E-state index contributed by atoms with van der Waals surface area (Å²) in [7, 11) is -3.29. The van der Waals surface area contributed by atoms with E-state index in [1.165, 1.54) is 0 Å². The first-order valence-corrected chi connectivity index (χ1v) is 13.0. The van der Waals surface area contributed by atoms with Crippen LogP contribution in [0, 0.1) is 5.92 Å². The number of rotatable bonds is 6. The van der Waals surface area contributed by atoms with Crippen LogP contribution in [-0.4, -0.2) is 50.9 Å². The molecule has 1 aromatic carbocycles. The highest BCUT2D eigenvalue weighted by molar-refractivity contribution is 7.90. The Morgan fingerprint density at radius 1 is 1.13 bits per heavy atom. The zero-order valence-corrected chi connectivity index (χ0v) is 20.3. The summed E-state index contributed by atoms with van der Waals surface area (Å²) >= 11 is 6.53. The second-order valence-corrected chi connectivity index (χ2v) is 11.8. The zero-order valence-electron chi connectivity index (χ0n) is 18.7. The average Bonchev–Trinajstić information content (AvgIpc) is 2.67. The fourth-order valence-electron chi connectivity index (χ4n) is 4.30. The molecule has 1 aliphatic carbocycles. The Balaban J connectivity index is 1.55. The Labute approximate surface area is 190 Å². The average molecular weight is 472 g/mol. The van der Waals surface area contributed by atoms with E-state index in [1.807, 2.05) is 26.0 Å². The van der Waals surface area contributed by atoms with E-state index in [4.69, 9.17) is 16.3 Å². The number of halogens is 1. The lowest BCUT2D eigenvalue weighted by Gasteiger charge is -2.37. The Kier molecular flexibility index (Phi) is 7.89. The highest BCUT2D eigenvalue weighted by Crippen LogP contribution is 2.32. The van der Waals surface area contributed by atoms with Gasteiger partial charge in [0.2, 0.25) is 15.9 Å². The fraction of sp³-hybridized carbons (Fsp3) is 0.682. The number of carbonyl (C=O) groups excluding carboxylic acids is 1. The zero-order chi connectivity index (χ0) is 22.8. The molecule has 1 heterocycles. The van der Waals surface area contributed by atoms with Crippen molar-refractivity contribution in [1.29, 1.82) is 0 Å². The Morgan fingerprint density at radius 2 is 1.74 bits per heavy atom. The summed E-state index contributed by atoms with van der Waals surface area (Å²) < 4.78 is 32.7. The molecule has 3 rings (SSSR count). The maximum absolute atomic E-state index is 12.7. The number of sulfonamides is 1. The summed E-state index contributed by atoms with van der Waals surface area (Å²) in [6.45, 7) is 8.98. The van der Waals surface area contributed by atoms with Crippen LogP contribution in [0.3, 0.4) is 0 Å². The fourth-order valence-corrected chi connectivity index (χ4v) is 5.57. The monoisotopic (exact) mass is 471 g/mol. The Bertz CT molecular complexity index is 875. The molecule has 1 aliphatic heterocycles. The summed E-state index contributed by atoms with van der Waals surface area (Å²) in [5.74, 6) is -0.165. The quantitative estimate of drug-likeness (QED) is 0.659. The largest absolute Gasteiger partial charge is 0.372 e. The van der Waals surface area contributed by atoms with E-state index in [2.05, 4.69) is 14.9 Å². The third-order valence-corrected chi connectivity index (χ3v) is 8.23. The van der Waals surface area contributed by atoms with Crippen LogP contribution in [0.4, 0.5) is 11.4 Å². The number of carbonyl (C=O) groups is 1. The highest BCUT2D eigenvalue weighted by Gasteiger charge is 2.30. The van der Waals surface area contributed by atoms with Crippen LogP contribution in [0.25, 0.3) is 0 Å². The second-order valence-electron chi connectivity index (χ2n) is 9.08. The van der Waals surface area contributed by atoms with Crippen molar-refractivity contribution in [3.05, 3.63) is 23.2 Å². The summed E-state index contributed by atoms with van der Waals surface area (Å²) in [5, 5.41) is 3.13. The number of anilines is 2. The molecule has 2 atom stereocenters. The topological polar surface area (TPSA) is 87.7 Å². The Hall–Kier alpha value is -1.35. The molecule has 2 aliphatic rings. The predicted molar refractivity (Wildman–Crippen MR) is 125 cm³/mol. The molecule has 2 fully saturated rings. The summed E-state index contributed by atoms with van der Waals surface area (Å²) in [5.41, 5.74) is 1.62. The van der Waals surface area contributed by atoms with Gasteiger partial charge in [-0.3, -0.25) is 4.79 Å². The third-order valence-electron chi connectivity index (χ3n) is 6.03. The summed E-state index contributed by atoms with van der Waals surface area (Å²) in [6, 6.07) is 5.53. The number of benzene rings is 1. The molecule has 1 saturated heterocycles. The van der Waals surface area contributed by atoms with Crippen molar-refractivity contribution in [1.82, 2.24) is 4.72 Å². The molecule has 7 nitrogen and oxygen atoms in total. The van der Waals surface area contributed by atoms with Gasteiger partial charge in [-0.15, -0.1) is 0 Å². The standard InChI is InChI=1S/C22H34ClN3O4S/c1-14(2)31(28,29)25-18-7-5-17(6-8-18)22(27)24-19-9-10-21(20(23)11-19)26-12-15(3)30-16(4)13-26/h9-11,14-18,25H,5-8,12-13H2,1-4H3,(H,24,27). The molecule has 1 amide bonds. The predicted octanol–water partition coefficient (Wildman–Crippen LogP) is 3.78. The van der Waals surface area contributed by atoms with Gasteiger partial charge in [-0.25, -0.2) is 13.1 Å². The number of nitrogens with one attached hydrogen (secondary N) is 2. The van der Waals surface area contributed by atoms with Crippen molar-refractivity contribution in [3.8, 4) is 0 Å². The molecule has 0 radical (unpaired) electrons. The van der Waals surface area contributed by atoms with E-state index in [-0.39, 0.29) is 30.1 Å². The van der Waals surface area contributed by atoms with Gasteiger partial charge in [0, 0.05) is 30.7 Å². The Morgan fingerprint density at radius 3 is 2.29 bits per heavy atom. The number of hydrogen-bond donors (Lipinski definition) is 2. The molecule has 0 bridgehead atoms. The minimum atomic E-state index is -3.29. The van der Waals surface area contributed by atoms with Gasteiger partial charge in [0.25, 0.3) is 0 Å². The lowest BCUT2D eigenvalue weighted by atomic mass is 9.86. The maximum Gasteiger partial charge on any atom is 0.227 e. The van der Waals surface area contributed by atoms with E-state index in [1.54, 1.807) is 19.9 Å². The van der Waals surface area contributed by atoms with Crippen molar-refractivity contribution in [2.24, 2.45) is 5.92 Å². The molecule has 2 N–H and O–H groups in total. The van der Waals surface area contributed by atoms with Crippen molar-refractivity contribution < 1.29 is 17.9 Å². The number of ether oxygens (including phenoxy) is 1. The van der Waals surface area contributed by atoms with Crippen molar-refractivity contribution in [3.63, 3.8) is 0 Å². The first kappa shape index (κ1) is 24.3. The summed E-state index contributed by atoms with van der Waals surface area (Å²) in [4.78, 5) is 14.9. The van der Waals surface area contributed by atoms with Crippen LogP contribution < -0.4 is 14.9 Å². The van der Waals surface area contributed by atoms with E-state index in [9.17, 15) is 13.2 Å². The lowest BCUT2D eigenvalue weighted by molar-refractivity contribution is -0.120. The lowest BCUT2D eigenvalue weighted by Crippen LogP contribution is -2.45. The van der Waals surface area contributed by atoms with Gasteiger partial charge in [0.15, 0.2) is 0 Å². The smallest absolute Gasteiger partial charge is 0.227 e. The van der Waals surface area contributed by atoms with Crippen LogP contribution in [0.5, 0.6) is 0 Å². The van der Waals surface area contributed by atoms with E-state index >= 15 is 0 Å². The van der Waals surface area contributed by atoms with E-state index < -0.39 is 15.3 Å². The molecule has 1 saturated carbocycles. The molecule has 2 unspecified atom stereocenters. The maximum atomic E-state index is 12.7. The van der Waals surface area contributed by atoms with Crippen molar-refractivity contribution in [2.45, 2.75) is 76.9 Å². The molecular formula is C22H34ClN3O4S. The van der Waals surface area contributed by atoms with Crippen LogP contribution in [-0.2, 0) is 19.6 Å². The van der Waals surface area contributed by atoms with Crippen LogP contribution in [0.2, 0.25) is 5.02 Å². The number of nitrogens with zero attached hydrogens (tertiary/aromatic N) is 1. The first-order chi connectivity index (χ1) is 14.5. The molecule has 0 spiro atoms. The van der Waals surface area contributed by atoms with Crippen LogP contribution in [0.1, 0.15) is 53.4 Å². The second kappa shape index (κ2) is 10.1. The van der Waals surface area contributed by atoms with Crippen LogP contribution >= 0.6 is 11.6 Å². The molecule has 31 heavy (non-hydrogen) atoms. The number of hydrogen-bond acceptors (Lipinski definition) is 5. The van der Waals surface area contributed by atoms with Gasteiger partial charge >= 0.3 is 0 Å². The van der Waals surface area contributed by atoms with Gasteiger partial charge < -0.3 is 15.0 Å². The van der Waals surface area contributed by atoms with Gasteiger partial charge in [-0.1, -0.05) is 11.6 Å². The molecule has 174 valence electrons. The van der Waals surface area contributed by atoms with Gasteiger partial charge in [0.05, 0.1) is 28.2 Å². The molecule has 1 aromatic rings. The van der Waals surface area contributed by atoms with Gasteiger partial charge in [-0.2, -0.15) is 0 Å². The first-order valence-electron chi connectivity index (χ1n) is 11.1. The molecular weight excluding hydrogens is 438 g/mol. The third kappa shape index (κ3) is 6.34.